The molecule has 27 heavy (non-hydrogen) atoms. The van der Waals surface area contributed by atoms with Crippen molar-refractivity contribution < 1.29 is 4.79 Å². The monoisotopic (exact) mass is 360 g/mol. The number of nitrogens with one attached hydrogen (secondary N) is 1. The van der Waals surface area contributed by atoms with Gasteiger partial charge in [-0.05, 0) is 54.7 Å². The lowest BCUT2D eigenvalue weighted by atomic mass is 9.98. The molecule has 7 heteroatoms. The van der Waals surface area contributed by atoms with Crippen LogP contribution in [-0.4, -0.2) is 21.1 Å². The number of aryl methyl sites for hydroxylation is 1. The van der Waals surface area contributed by atoms with E-state index in [1.807, 2.05) is 30.5 Å². The molecule has 4 rings (SSSR count). The van der Waals surface area contributed by atoms with Gasteiger partial charge in [0.1, 0.15) is 5.52 Å². The van der Waals surface area contributed by atoms with Gasteiger partial charge in [0.25, 0.3) is 0 Å². The summed E-state index contributed by atoms with van der Waals surface area (Å²) in [7, 11) is 0. The molecule has 0 bridgehead atoms. The van der Waals surface area contributed by atoms with E-state index in [1.165, 1.54) is 5.56 Å². The molecular weight excluding hydrogens is 340 g/mol. The molecule has 0 unspecified atom stereocenters. The van der Waals surface area contributed by atoms with E-state index in [9.17, 15) is 4.79 Å². The molecule has 3 aromatic rings. The van der Waals surface area contributed by atoms with E-state index in [1.54, 1.807) is 6.20 Å². The fraction of sp³-hybridized carbons (Fsp3) is 0.250. The van der Waals surface area contributed by atoms with Crippen LogP contribution in [-0.2, 0) is 11.2 Å². The normalized spacial score (nSPS) is 12.9. The minimum atomic E-state index is 0.0123. The van der Waals surface area contributed by atoms with Gasteiger partial charge in [0.05, 0.1) is 5.69 Å². The molecular formula is C20H20N6O. The second-order valence-electron chi connectivity index (χ2n) is 6.38. The molecule has 0 atom stereocenters. The first-order valence-electron chi connectivity index (χ1n) is 8.72. The van der Waals surface area contributed by atoms with Crippen molar-refractivity contribution in [3.63, 3.8) is 0 Å². The number of amides is 1. The van der Waals surface area contributed by atoms with E-state index < -0.39 is 0 Å². The second kappa shape index (κ2) is 7.79. The van der Waals surface area contributed by atoms with Crippen LogP contribution >= 0.6 is 0 Å². The van der Waals surface area contributed by atoms with Crippen LogP contribution in [0.15, 0.2) is 36.7 Å². The van der Waals surface area contributed by atoms with E-state index in [0.717, 1.165) is 35.8 Å². The van der Waals surface area contributed by atoms with Crippen LogP contribution in [0.1, 0.15) is 25.3 Å². The average Bonchev–Trinajstić information content (AvgIpc) is 3.54. The number of nitrogens with two attached hydrogens (primary N) is 1. The summed E-state index contributed by atoms with van der Waals surface area (Å²) in [5, 5.41) is 18.4. The zero-order chi connectivity index (χ0) is 19.4. The van der Waals surface area contributed by atoms with Gasteiger partial charge >= 0.3 is 0 Å². The van der Waals surface area contributed by atoms with Gasteiger partial charge in [-0.1, -0.05) is 6.92 Å². The summed E-state index contributed by atoms with van der Waals surface area (Å²) in [5.41, 5.74) is 10.6. The average molecular weight is 360 g/mol. The van der Waals surface area contributed by atoms with Crippen LogP contribution in [0.2, 0.25) is 0 Å². The largest absolute Gasteiger partial charge is 0.397 e. The van der Waals surface area contributed by atoms with Crippen molar-refractivity contribution in [2.24, 2.45) is 5.92 Å². The summed E-state index contributed by atoms with van der Waals surface area (Å²) in [6.07, 6.45) is 6.45. The third-order valence-corrected chi connectivity index (χ3v) is 4.52. The number of carbonyl (C=O) groups excluding carboxylic acids is 1. The van der Waals surface area contributed by atoms with Crippen LogP contribution in [0.5, 0.6) is 0 Å². The highest BCUT2D eigenvalue weighted by atomic mass is 16.2. The van der Waals surface area contributed by atoms with E-state index in [0.29, 0.717) is 17.0 Å². The molecule has 2 heterocycles. The number of rotatable bonds is 4. The fourth-order valence-corrected chi connectivity index (χ4v) is 2.97. The van der Waals surface area contributed by atoms with Crippen molar-refractivity contribution >= 4 is 28.3 Å². The van der Waals surface area contributed by atoms with Gasteiger partial charge in [-0.15, -0.1) is 10.2 Å². The van der Waals surface area contributed by atoms with Gasteiger partial charge < -0.3 is 11.1 Å². The number of nitriles is 1. The van der Waals surface area contributed by atoms with Crippen LogP contribution < -0.4 is 11.1 Å². The van der Waals surface area contributed by atoms with Crippen molar-refractivity contribution in [2.45, 2.75) is 26.2 Å². The maximum Gasteiger partial charge on any atom is 0.228 e. The summed E-state index contributed by atoms with van der Waals surface area (Å²) in [5.74, 6) is 0.595. The Morgan fingerprint density at radius 1 is 1.30 bits per heavy atom. The lowest BCUT2D eigenvalue weighted by molar-refractivity contribution is -0.117. The molecule has 1 aliphatic carbocycles. The van der Waals surface area contributed by atoms with Crippen molar-refractivity contribution in [3.8, 4) is 17.7 Å². The van der Waals surface area contributed by atoms with Crippen molar-refractivity contribution in [2.75, 3.05) is 11.1 Å². The number of nitrogens with zero attached hydrogens (tertiary/aromatic N) is 4. The van der Waals surface area contributed by atoms with Crippen molar-refractivity contribution in [1.82, 2.24) is 15.2 Å². The summed E-state index contributed by atoms with van der Waals surface area (Å²) in [4.78, 5) is 16.2. The Kier molecular flexibility index (Phi) is 5.27. The number of anilines is 2. The molecule has 0 aliphatic heterocycles. The SMILES string of the molecule is C#N.CCc1ccncc1-c1cc(N)c2nnc(NC(=O)C3CC3)cc2c1. The first kappa shape index (κ1) is 18.3. The highest BCUT2D eigenvalue weighted by molar-refractivity contribution is 5.98. The van der Waals surface area contributed by atoms with Gasteiger partial charge in [-0.25, -0.2) is 5.26 Å². The first-order valence-corrected chi connectivity index (χ1v) is 8.72. The predicted molar refractivity (Wildman–Crippen MR) is 105 cm³/mol. The topological polar surface area (TPSA) is 118 Å². The molecule has 3 N–H and O–H groups in total. The van der Waals surface area contributed by atoms with E-state index >= 15 is 0 Å². The smallest absolute Gasteiger partial charge is 0.228 e. The van der Waals surface area contributed by atoms with Crippen LogP contribution in [0.4, 0.5) is 11.5 Å². The number of hydrogen-bond donors (Lipinski definition) is 2. The van der Waals surface area contributed by atoms with E-state index in [4.69, 9.17) is 11.0 Å². The van der Waals surface area contributed by atoms with Crippen LogP contribution in [0.25, 0.3) is 22.0 Å². The summed E-state index contributed by atoms with van der Waals surface area (Å²) in [6.45, 7) is 5.61. The number of carbonyl (C=O) groups is 1. The Hall–Kier alpha value is -3.53. The molecule has 0 spiro atoms. The van der Waals surface area contributed by atoms with Gasteiger partial charge in [0.15, 0.2) is 5.82 Å². The molecule has 1 saturated carbocycles. The van der Waals surface area contributed by atoms with E-state index in [2.05, 4.69) is 34.0 Å². The molecule has 1 amide bonds. The van der Waals surface area contributed by atoms with Gasteiger partial charge in [0, 0.05) is 35.8 Å². The standard InChI is InChI=1S/C19H19N5O.CHN/c1-2-11-5-6-21-10-15(11)13-7-14-9-17(22-19(25)12-3-4-12)23-24-18(14)16(20)8-13;1-2/h5-10,12H,2-4,20H2,1H3,(H,22,23,25);1H. The lowest BCUT2D eigenvalue weighted by Gasteiger charge is -2.11. The zero-order valence-electron chi connectivity index (χ0n) is 15.0. The van der Waals surface area contributed by atoms with Crippen molar-refractivity contribution in [3.05, 3.63) is 42.2 Å². The number of nitrogen functional groups attached to an aromatic ring is 1. The third-order valence-electron chi connectivity index (χ3n) is 4.52. The predicted octanol–water partition coefficient (Wildman–Crippen LogP) is 3.32. The molecule has 2 aromatic heterocycles. The maximum atomic E-state index is 11.9. The summed E-state index contributed by atoms with van der Waals surface area (Å²) < 4.78 is 0. The van der Waals surface area contributed by atoms with Gasteiger partial charge in [-0.2, -0.15) is 0 Å². The highest BCUT2D eigenvalue weighted by Gasteiger charge is 2.29. The zero-order valence-corrected chi connectivity index (χ0v) is 15.0. The number of fused-ring (bicyclic) bond motifs is 1. The van der Waals surface area contributed by atoms with Crippen molar-refractivity contribution in [1.29, 1.82) is 5.26 Å². The Morgan fingerprint density at radius 2 is 2.07 bits per heavy atom. The number of hydrogen-bond acceptors (Lipinski definition) is 6. The number of pyridine rings is 1. The molecule has 0 radical (unpaired) electrons. The molecule has 1 fully saturated rings. The highest BCUT2D eigenvalue weighted by Crippen LogP contribution is 2.32. The maximum absolute atomic E-state index is 11.9. The lowest BCUT2D eigenvalue weighted by Crippen LogP contribution is -2.14. The quantitative estimate of drug-likeness (QED) is 0.689. The second-order valence-corrected chi connectivity index (χ2v) is 6.38. The summed E-state index contributed by atoms with van der Waals surface area (Å²) in [6, 6.07) is 7.76. The number of aromatic nitrogens is 3. The summed E-state index contributed by atoms with van der Waals surface area (Å²) >= 11 is 0. The Balaban J connectivity index is 0.00000102. The Labute approximate surface area is 157 Å². The molecule has 136 valence electrons. The molecule has 1 aliphatic rings. The Morgan fingerprint density at radius 3 is 2.78 bits per heavy atom. The minimum absolute atomic E-state index is 0.0123. The van der Waals surface area contributed by atoms with Gasteiger partial charge in [-0.3, -0.25) is 9.78 Å². The van der Waals surface area contributed by atoms with Crippen LogP contribution in [0, 0.1) is 17.8 Å². The Bertz CT molecular complexity index is 1010. The first-order chi connectivity index (χ1) is 13.2. The molecule has 1 aromatic carbocycles. The molecule has 7 nitrogen and oxygen atoms in total. The molecule has 0 saturated heterocycles. The van der Waals surface area contributed by atoms with Gasteiger partial charge in [0.2, 0.25) is 5.91 Å². The number of benzene rings is 1. The van der Waals surface area contributed by atoms with Crippen LogP contribution in [0.3, 0.4) is 0 Å². The fourth-order valence-electron chi connectivity index (χ4n) is 2.97. The minimum Gasteiger partial charge on any atom is -0.397 e. The van der Waals surface area contributed by atoms with E-state index in [-0.39, 0.29) is 11.8 Å². The third kappa shape index (κ3) is 3.85.